The van der Waals surface area contributed by atoms with Crippen LogP contribution in [-0.4, -0.2) is 18.4 Å². The van der Waals surface area contributed by atoms with Crippen molar-refractivity contribution >= 4 is 17.9 Å². The standard InChI is InChI=1S/C13H17N3O2/c1-10(17)15-8-3-2-5-11-6-4-7-12(9-11)13(18)16-14/h2,4-7,9H,3,8,14H2,1H3,(H,15,17)(H,16,18). The van der Waals surface area contributed by atoms with E-state index in [0.717, 1.165) is 12.0 Å². The minimum Gasteiger partial charge on any atom is -0.356 e. The summed E-state index contributed by atoms with van der Waals surface area (Å²) in [7, 11) is 0. The third-order valence-corrected chi connectivity index (χ3v) is 2.28. The van der Waals surface area contributed by atoms with E-state index in [1.165, 1.54) is 6.92 Å². The maximum absolute atomic E-state index is 11.3. The van der Waals surface area contributed by atoms with E-state index < -0.39 is 0 Å². The van der Waals surface area contributed by atoms with E-state index in [1.54, 1.807) is 18.2 Å². The summed E-state index contributed by atoms with van der Waals surface area (Å²) >= 11 is 0. The Morgan fingerprint density at radius 2 is 2.17 bits per heavy atom. The Labute approximate surface area is 106 Å². The van der Waals surface area contributed by atoms with E-state index in [1.807, 2.05) is 18.2 Å². The number of hydrogen-bond donors (Lipinski definition) is 3. The van der Waals surface area contributed by atoms with Crippen LogP contribution in [0.1, 0.15) is 29.3 Å². The Hall–Kier alpha value is -2.14. The monoisotopic (exact) mass is 247 g/mol. The normalized spacial score (nSPS) is 10.3. The molecular weight excluding hydrogens is 230 g/mol. The number of rotatable bonds is 5. The van der Waals surface area contributed by atoms with E-state index in [9.17, 15) is 9.59 Å². The van der Waals surface area contributed by atoms with Crippen LogP contribution in [0.4, 0.5) is 0 Å². The molecule has 0 aliphatic carbocycles. The van der Waals surface area contributed by atoms with E-state index >= 15 is 0 Å². The summed E-state index contributed by atoms with van der Waals surface area (Å²) in [4.78, 5) is 21.9. The van der Waals surface area contributed by atoms with Gasteiger partial charge in [0.25, 0.3) is 5.91 Å². The third-order valence-electron chi connectivity index (χ3n) is 2.28. The van der Waals surface area contributed by atoms with Gasteiger partial charge in [-0.1, -0.05) is 24.3 Å². The Bertz CT molecular complexity index is 455. The second kappa shape index (κ2) is 7.24. The molecule has 1 aromatic carbocycles. The molecule has 0 aromatic heterocycles. The van der Waals surface area contributed by atoms with Crippen LogP contribution in [0.2, 0.25) is 0 Å². The summed E-state index contributed by atoms with van der Waals surface area (Å²) in [6.07, 6.45) is 4.58. The molecule has 0 saturated heterocycles. The van der Waals surface area contributed by atoms with Gasteiger partial charge in [0.1, 0.15) is 0 Å². The Morgan fingerprint density at radius 1 is 1.39 bits per heavy atom. The van der Waals surface area contributed by atoms with Gasteiger partial charge in [0.15, 0.2) is 0 Å². The lowest BCUT2D eigenvalue weighted by atomic mass is 10.1. The van der Waals surface area contributed by atoms with Gasteiger partial charge in [0.2, 0.25) is 5.91 Å². The summed E-state index contributed by atoms with van der Waals surface area (Å²) in [5, 5.41) is 2.70. The lowest BCUT2D eigenvalue weighted by Crippen LogP contribution is -2.29. The molecule has 0 aliphatic heterocycles. The lowest BCUT2D eigenvalue weighted by Gasteiger charge is -2.01. The predicted octanol–water partition coefficient (Wildman–Crippen LogP) is 0.829. The van der Waals surface area contributed by atoms with Crippen molar-refractivity contribution in [2.24, 2.45) is 5.84 Å². The molecule has 0 aliphatic rings. The van der Waals surface area contributed by atoms with Crippen LogP contribution >= 0.6 is 0 Å². The zero-order valence-corrected chi connectivity index (χ0v) is 10.3. The van der Waals surface area contributed by atoms with Gasteiger partial charge >= 0.3 is 0 Å². The average Bonchev–Trinajstić information content (AvgIpc) is 2.37. The van der Waals surface area contributed by atoms with Gasteiger partial charge in [-0.3, -0.25) is 15.0 Å². The van der Waals surface area contributed by atoms with Crippen molar-refractivity contribution in [3.05, 3.63) is 41.5 Å². The van der Waals surface area contributed by atoms with Gasteiger partial charge < -0.3 is 5.32 Å². The van der Waals surface area contributed by atoms with Crippen LogP contribution < -0.4 is 16.6 Å². The number of carbonyl (C=O) groups is 2. The molecule has 1 rings (SSSR count). The van der Waals surface area contributed by atoms with Crippen molar-refractivity contribution in [2.75, 3.05) is 6.54 Å². The highest BCUT2D eigenvalue weighted by molar-refractivity contribution is 5.94. The summed E-state index contributed by atoms with van der Waals surface area (Å²) < 4.78 is 0. The fourth-order valence-electron chi connectivity index (χ4n) is 1.42. The molecule has 0 fully saturated rings. The molecule has 0 heterocycles. The first-order valence-corrected chi connectivity index (χ1v) is 5.65. The first kappa shape index (κ1) is 13.9. The number of hydrogen-bond acceptors (Lipinski definition) is 3. The van der Waals surface area contributed by atoms with Gasteiger partial charge in [0, 0.05) is 19.0 Å². The maximum Gasteiger partial charge on any atom is 0.265 e. The fourth-order valence-corrected chi connectivity index (χ4v) is 1.42. The van der Waals surface area contributed by atoms with Gasteiger partial charge in [-0.15, -0.1) is 0 Å². The van der Waals surface area contributed by atoms with Crippen LogP contribution in [0, 0.1) is 0 Å². The zero-order chi connectivity index (χ0) is 13.4. The number of amides is 2. The Balaban J connectivity index is 2.54. The minimum atomic E-state index is -0.316. The van der Waals surface area contributed by atoms with E-state index in [-0.39, 0.29) is 11.8 Å². The predicted molar refractivity (Wildman–Crippen MR) is 70.4 cm³/mol. The van der Waals surface area contributed by atoms with E-state index in [0.29, 0.717) is 12.1 Å². The average molecular weight is 247 g/mol. The van der Waals surface area contributed by atoms with Crippen molar-refractivity contribution in [1.82, 2.24) is 10.7 Å². The first-order chi connectivity index (χ1) is 8.63. The molecule has 96 valence electrons. The molecule has 4 N–H and O–H groups in total. The molecule has 0 saturated carbocycles. The summed E-state index contributed by atoms with van der Waals surface area (Å²) in [5.41, 5.74) is 3.52. The molecule has 0 radical (unpaired) electrons. The molecule has 0 atom stereocenters. The van der Waals surface area contributed by atoms with Crippen molar-refractivity contribution in [1.29, 1.82) is 0 Å². The highest BCUT2D eigenvalue weighted by atomic mass is 16.2. The SMILES string of the molecule is CC(=O)NCCC=Cc1cccc(C(=O)NN)c1. The van der Waals surface area contributed by atoms with E-state index in [2.05, 4.69) is 10.7 Å². The van der Waals surface area contributed by atoms with Gasteiger partial charge in [-0.2, -0.15) is 0 Å². The molecular formula is C13H17N3O2. The molecule has 2 amide bonds. The topological polar surface area (TPSA) is 84.2 Å². The lowest BCUT2D eigenvalue weighted by molar-refractivity contribution is -0.118. The fraction of sp³-hybridized carbons (Fsp3) is 0.231. The van der Waals surface area contributed by atoms with Crippen molar-refractivity contribution in [3.63, 3.8) is 0 Å². The van der Waals surface area contributed by atoms with Gasteiger partial charge in [0.05, 0.1) is 0 Å². The number of benzene rings is 1. The largest absolute Gasteiger partial charge is 0.356 e. The summed E-state index contributed by atoms with van der Waals surface area (Å²) in [5.74, 6) is 4.71. The molecule has 5 nitrogen and oxygen atoms in total. The first-order valence-electron chi connectivity index (χ1n) is 5.65. The molecule has 5 heteroatoms. The zero-order valence-electron chi connectivity index (χ0n) is 10.3. The molecule has 0 spiro atoms. The third kappa shape index (κ3) is 4.80. The summed E-state index contributed by atoms with van der Waals surface area (Å²) in [6.45, 7) is 2.09. The minimum absolute atomic E-state index is 0.0370. The van der Waals surface area contributed by atoms with E-state index in [4.69, 9.17) is 5.84 Å². The number of carbonyl (C=O) groups excluding carboxylic acids is 2. The molecule has 1 aromatic rings. The highest BCUT2D eigenvalue weighted by Crippen LogP contribution is 2.07. The highest BCUT2D eigenvalue weighted by Gasteiger charge is 2.01. The van der Waals surface area contributed by atoms with Crippen LogP contribution in [0.3, 0.4) is 0 Å². The van der Waals surface area contributed by atoms with Crippen molar-refractivity contribution in [3.8, 4) is 0 Å². The molecule has 0 unspecified atom stereocenters. The Morgan fingerprint density at radius 3 is 2.83 bits per heavy atom. The number of nitrogens with one attached hydrogen (secondary N) is 2. The number of nitrogens with two attached hydrogens (primary N) is 1. The summed E-state index contributed by atoms with van der Waals surface area (Å²) in [6, 6.07) is 7.12. The van der Waals surface area contributed by atoms with Crippen LogP contribution in [0.15, 0.2) is 30.3 Å². The van der Waals surface area contributed by atoms with Crippen LogP contribution in [0.25, 0.3) is 6.08 Å². The second-order valence-electron chi connectivity index (χ2n) is 3.77. The number of nitrogen functional groups attached to an aromatic ring is 1. The van der Waals surface area contributed by atoms with Crippen molar-refractivity contribution < 1.29 is 9.59 Å². The molecule has 18 heavy (non-hydrogen) atoms. The van der Waals surface area contributed by atoms with Gasteiger partial charge in [-0.05, 0) is 24.1 Å². The molecule has 0 bridgehead atoms. The maximum atomic E-state index is 11.3. The number of hydrazine groups is 1. The second-order valence-corrected chi connectivity index (χ2v) is 3.77. The van der Waals surface area contributed by atoms with Crippen LogP contribution in [0.5, 0.6) is 0 Å². The smallest absolute Gasteiger partial charge is 0.265 e. The van der Waals surface area contributed by atoms with Crippen LogP contribution in [-0.2, 0) is 4.79 Å². The quantitative estimate of drug-likeness (QED) is 0.312. The van der Waals surface area contributed by atoms with Crippen molar-refractivity contribution in [2.45, 2.75) is 13.3 Å². The Kier molecular flexibility index (Phi) is 5.60. The van der Waals surface area contributed by atoms with Gasteiger partial charge in [-0.25, -0.2) is 5.84 Å².